The summed E-state index contributed by atoms with van der Waals surface area (Å²) < 4.78 is 4.94. The van der Waals surface area contributed by atoms with E-state index in [1.165, 1.54) is 18.1 Å². The minimum absolute atomic E-state index is 0.269. The summed E-state index contributed by atoms with van der Waals surface area (Å²) in [5.74, 6) is 4.79. The Bertz CT molecular complexity index is 54.9. The third-order valence-corrected chi connectivity index (χ3v) is 2.94. The van der Waals surface area contributed by atoms with Crippen LogP contribution < -0.4 is 0 Å². The Hall–Kier alpha value is 0.492. The van der Waals surface area contributed by atoms with Gasteiger partial charge in [-0.2, -0.15) is 0 Å². The molecule has 0 aromatic carbocycles. The van der Waals surface area contributed by atoms with Crippen LogP contribution in [0.5, 0.6) is 0 Å². The van der Waals surface area contributed by atoms with Crippen molar-refractivity contribution in [3.05, 3.63) is 0 Å². The van der Waals surface area contributed by atoms with Gasteiger partial charge in [-0.05, 0) is 6.42 Å². The van der Waals surface area contributed by atoms with Crippen LogP contribution in [0.15, 0.2) is 0 Å². The second-order valence-corrected chi connectivity index (χ2v) is 6.25. The van der Waals surface area contributed by atoms with Crippen molar-refractivity contribution >= 4 is 14.1 Å². The van der Waals surface area contributed by atoms with Crippen LogP contribution in [0.3, 0.4) is 0 Å². The Morgan fingerprint density at radius 2 is 1.89 bits per heavy atom. The lowest BCUT2D eigenvalue weighted by Gasteiger charge is -1.98. The molecule has 0 aliphatic rings. The highest BCUT2D eigenvalue weighted by Gasteiger charge is 1.99. The minimum atomic E-state index is -0.269. The smallest absolute Gasteiger partial charge is 0.255 e. The van der Waals surface area contributed by atoms with E-state index in [0.717, 1.165) is 6.61 Å². The summed E-state index contributed by atoms with van der Waals surface area (Å²) in [5.41, 5.74) is 0. The molecule has 0 fully saturated rings. The molecule has 0 amide bonds. The van der Waals surface area contributed by atoms with E-state index < -0.39 is 0 Å². The first-order chi connectivity index (χ1) is 4.27. The molecular weight excluding hydrogens is 127 g/mol. The monoisotopic (exact) mass is 144 g/mol. The maximum Gasteiger partial charge on any atom is 0.255 e. The number of methoxy groups -OCH3 is 1. The van der Waals surface area contributed by atoms with Crippen molar-refractivity contribution in [2.24, 2.45) is 0 Å². The Morgan fingerprint density at radius 1 is 1.22 bits per heavy atom. The lowest BCUT2D eigenvalue weighted by Crippen LogP contribution is -1.99. The van der Waals surface area contributed by atoms with Gasteiger partial charge in [0.2, 0.25) is 0 Å². The molecule has 9 heavy (non-hydrogen) atoms. The van der Waals surface area contributed by atoms with Gasteiger partial charge in [0.05, 0.1) is 0 Å². The average Bonchev–Trinajstić information content (AvgIpc) is 1.80. The van der Waals surface area contributed by atoms with Crippen LogP contribution in [0.4, 0.5) is 0 Å². The Labute approximate surface area is 62.8 Å². The molecule has 54 valence electrons. The number of hydrogen-bond donors (Lipinski definition) is 0. The highest BCUT2D eigenvalue weighted by atomic mass is 27.2. The first kappa shape index (κ1) is 9.49. The first-order valence-corrected chi connectivity index (χ1v) is 6.89. The van der Waals surface area contributed by atoms with E-state index in [-0.39, 0.29) is 14.1 Å². The van der Waals surface area contributed by atoms with Crippen LogP contribution in [0.1, 0.15) is 12.8 Å². The van der Waals surface area contributed by atoms with Crippen LogP contribution >= 0.6 is 0 Å². The van der Waals surface area contributed by atoms with Crippen LogP contribution in [0.2, 0.25) is 16.9 Å². The largest absolute Gasteiger partial charge is 0.385 e. The third-order valence-electron chi connectivity index (χ3n) is 1.38. The van der Waals surface area contributed by atoms with Crippen molar-refractivity contribution in [2.45, 2.75) is 29.7 Å². The molecule has 0 atom stereocenters. The molecule has 0 unspecified atom stereocenters. The lowest BCUT2D eigenvalue weighted by atomic mass is 10.4. The lowest BCUT2D eigenvalue weighted by molar-refractivity contribution is 0.194. The zero-order valence-corrected chi connectivity index (χ0v) is 7.97. The zero-order chi connectivity index (χ0) is 7.11. The van der Waals surface area contributed by atoms with E-state index in [9.17, 15) is 0 Å². The van der Waals surface area contributed by atoms with Crippen LogP contribution in [-0.4, -0.2) is 27.9 Å². The van der Waals surface area contributed by atoms with Crippen LogP contribution in [0.25, 0.3) is 0 Å². The van der Waals surface area contributed by atoms with E-state index in [1.54, 1.807) is 7.11 Å². The van der Waals surface area contributed by atoms with Crippen molar-refractivity contribution in [1.29, 1.82) is 0 Å². The Kier molecular flexibility index (Phi) is 6.97. The van der Waals surface area contributed by atoms with Gasteiger partial charge < -0.3 is 4.74 Å². The molecule has 0 rings (SSSR count). The summed E-state index contributed by atoms with van der Waals surface area (Å²) in [6.45, 7) is 0.946. The van der Waals surface area contributed by atoms with E-state index >= 15 is 0 Å². The van der Waals surface area contributed by atoms with E-state index in [2.05, 4.69) is 11.6 Å². The van der Waals surface area contributed by atoms with Crippen molar-refractivity contribution in [1.82, 2.24) is 0 Å². The summed E-state index contributed by atoms with van der Waals surface area (Å²) in [4.78, 5) is 0. The molecule has 0 aromatic rings. The highest BCUT2D eigenvalue weighted by molar-refractivity contribution is 6.55. The number of unbranched alkanes of at least 4 members (excludes halogenated alkanes) is 1. The third kappa shape index (κ3) is 8.49. The van der Waals surface area contributed by atoms with Crippen molar-refractivity contribution < 1.29 is 4.74 Å². The van der Waals surface area contributed by atoms with E-state index in [4.69, 9.17) is 4.74 Å². The second-order valence-electron chi connectivity index (χ2n) is 2.88. The molecule has 0 bridgehead atoms. The summed E-state index contributed by atoms with van der Waals surface area (Å²) in [6.07, 6.45) is 2.62. The van der Waals surface area contributed by atoms with Crippen molar-refractivity contribution in [2.75, 3.05) is 13.7 Å². The molecule has 0 spiro atoms. The van der Waals surface area contributed by atoms with Gasteiger partial charge in [-0.1, -0.05) is 11.7 Å². The van der Waals surface area contributed by atoms with Crippen LogP contribution in [0, 0.1) is 0 Å². The SMILES string of the molecule is COCCC[CH2][Al]([CH3])[CH3]. The molecule has 0 aliphatic heterocycles. The predicted octanol–water partition coefficient (Wildman–Crippen LogP) is 2.17. The van der Waals surface area contributed by atoms with Gasteiger partial charge in [0.25, 0.3) is 14.1 Å². The maximum absolute atomic E-state index is 4.94. The number of ether oxygens (including phenoxy) is 1. The molecule has 0 saturated heterocycles. The van der Waals surface area contributed by atoms with Gasteiger partial charge in [-0.15, -0.1) is 11.6 Å². The minimum Gasteiger partial charge on any atom is -0.385 e. The summed E-state index contributed by atoms with van der Waals surface area (Å²) in [5, 5.41) is 1.48. The molecule has 2 heteroatoms. The molecule has 0 aliphatic carbocycles. The maximum atomic E-state index is 4.94. The average molecular weight is 144 g/mol. The predicted molar refractivity (Wildman–Crippen MR) is 43.4 cm³/mol. The molecule has 1 nitrogen and oxygen atoms in total. The van der Waals surface area contributed by atoms with Crippen molar-refractivity contribution in [3.8, 4) is 0 Å². The number of hydrogen-bond acceptors (Lipinski definition) is 1. The fraction of sp³-hybridized carbons (Fsp3) is 1.00. The topological polar surface area (TPSA) is 9.23 Å². The summed E-state index contributed by atoms with van der Waals surface area (Å²) in [7, 11) is 1.77. The summed E-state index contributed by atoms with van der Waals surface area (Å²) in [6, 6.07) is 0. The molecule has 0 radical (unpaired) electrons. The summed E-state index contributed by atoms with van der Waals surface area (Å²) >= 11 is -0.269. The van der Waals surface area contributed by atoms with Gasteiger partial charge in [-0.25, -0.2) is 0 Å². The fourth-order valence-electron chi connectivity index (χ4n) is 0.799. The molecule has 0 saturated carbocycles. The van der Waals surface area contributed by atoms with E-state index in [1.807, 2.05) is 0 Å². The fourth-order valence-corrected chi connectivity index (χ4v) is 1.90. The van der Waals surface area contributed by atoms with Crippen molar-refractivity contribution in [3.63, 3.8) is 0 Å². The van der Waals surface area contributed by atoms with Gasteiger partial charge in [0.1, 0.15) is 0 Å². The zero-order valence-electron chi connectivity index (χ0n) is 6.81. The first-order valence-electron chi connectivity index (χ1n) is 3.76. The van der Waals surface area contributed by atoms with Gasteiger partial charge >= 0.3 is 0 Å². The normalized spacial score (nSPS) is 9.67. The van der Waals surface area contributed by atoms with Gasteiger partial charge in [0.15, 0.2) is 0 Å². The molecule has 0 heterocycles. The quantitative estimate of drug-likeness (QED) is 0.424. The standard InChI is InChI=1S/C5H11O.2CH3.Al/c1-3-4-5-6-2;;;/h1,3-5H2,2H3;2*1H3;. The van der Waals surface area contributed by atoms with Gasteiger partial charge in [0, 0.05) is 13.7 Å². The molecular formula is C7H17AlO. The molecule has 0 N–H and O–H groups in total. The highest BCUT2D eigenvalue weighted by Crippen LogP contribution is 2.00. The second kappa shape index (κ2) is 6.61. The molecule has 0 aromatic heterocycles. The Morgan fingerprint density at radius 3 is 2.33 bits per heavy atom. The van der Waals surface area contributed by atoms with Gasteiger partial charge in [-0.3, -0.25) is 0 Å². The van der Waals surface area contributed by atoms with E-state index in [0.29, 0.717) is 0 Å². The Balaban J connectivity index is 2.75. The van der Waals surface area contributed by atoms with Crippen LogP contribution in [-0.2, 0) is 4.74 Å². The number of rotatable bonds is 5.